The van der Waals surface area contributed by atoms with Crippen molar-refractivity contribution in [3.63, 3.8) is 0 Å². The molecule has 0 atom stereocenters. The maximum absolute atomic E-state index is 12.8. The Morgan fingerprint density at radius 2 is 2.05 bits per heavy atom. The monoisotopic (exact) mass is 366 g/mol. The van der Waals surface area contributed by atoms with Crippen LogP contribution in [0, 0.1) is 5.82 Å². The van der Waals surface area contributed by atoms with Gasteiger partial charge < -0.3 is 9.84 Å². The number of nitrogens with one attached hydrogen (secondary N) is 1. The van der Waals surface area contributed by atoms with E-state index in [1.54, 1.807) is 12.1 Å². The molecule has 0 spiro atoms. The molecule has 5 nitrogen and oxygen atoms in total. The molecule has 0 heterocycles. The fourth-order valence-corrected chi connectivity index (χ4v) is 2.11. The summed E-state index contributed by atoms with van der Waals surface area (Å²) in [6, 6.07) is 8.29. The van der Waals surface area contributed by atoms with Crippen LogP contribution in [0.25, 0.3) is 0 Å². The summed E-state index contributed by atoms with van der Waals surface area (Å²) in [5.41, 5.74) is 3.23. The minimum atomic E-state index is -0.457. The van der Waals surface area contributed by atoms with Crippen LogP contribution in [0.5, 0.6) is 11.5 Å². The fourth-order valence-electron chi connectivity index (χ4n) is 1.66. The lowest BCUT2D eigenvalue weighted by molar-refractivity contribution is 0.0955. The predicted octanol–water partition coefficient (Wildman–Crippen LogP) is 3.07. The van der Waals surface area contributed by atoms with Crippen LogP contribution in [-0.4, -0.2) is 24.3 Å². The molecule has 114 valence electrons. The highest BCUT2D eigenvalue weighted by Gasteiger charge is 2.08. The normalized spacial score (nSPS) is 10.7. The van der Waals surface area contributed by atoms with Crippen molar-refractivity contribution in [1.29, 1.82) is 0 Å². The predicted molar refractivity (Wildman–Crippen MR) is 83.8 cm³/mol. The summed E-state index contributed by atoms with van der Waals surface area (Å²) in [5.74, 6) is -0.613. The third-order valence-corrected chi connectivity index (χ3v) is 3.36. The Kier molecular flexibility index (Phi) is 5.11. The third kappa shape index (κ3) is 3.82. The number of rotatable bonds is 4. The summed E-state index contributed by atoms with van der Waals surface area (Å²) in [6.45, 7) is 0. The van der Waals surface area contributed by atoms with Crippen molar-refractivity contribution < 1.29 is 19.0 Å². The van der Waals surface area contributed by atoms with Crippen LogP contribution in [-0.2, 0) is 0 Å². The van der Waals surface area contributed by atoms with Gasteiger partial charge in [-0.3, -0.25) is 4.79 Å². The maximum Gasteiger partial charge on any atom is 0.271 e. The van der Waals surface area contributed by atoms with Gasteiger partial charge in [0.05, 0.1) is 17.8 Å². The Morgan fingerprint density at radius 1 is 1.36 bits per heavy atom. The van der Waals surface area contributed by atoms with Gasteiger partial charge in [-0.1, -0.05) is 0 Å². The lowest BCUT2D eigenvalue weighted by Gasteiger charge is -2.06. The number of nitrogens with zero attached hydrogens (tertiary/aromatic N) is 1. The topological polar surface area (TPSA) is 70.9 Å². The molecular weight excluding hydrogens is 355 g/mol. The number of phenols is 1. The molecule has 0 saturated heterocycles. The molecule has 0 aliphatic carbocycles. The van der Waals surface area contributed by atoms with E-state index < -0.39 is 11.7 Å². The summed E-state index contributed by atoms with van der Waals surface area (Å²) in [5, 5.41) is 13.5. The smallest absolute Gasteiger partial charge is 0.271 e. The Hall–Kier alpha value is -2.41. The zero-order valence-corrected chi connectivity index (χ0v) is 13.1. The molecule has 2 aromatic carbocycles. The Morgan fingerprint density at radius 3 is 2.68 bits per heavy atom. The van der Waals surface area contributed by atoms with Gasteiger partial charge in [-0.2, -0.15) is 5.10 Å². The highest BCUT2D eigenvalue weighted by Crippen LogP contribution is 2.34. The van der Waals surface area contributed by atoms with Gasteiger partial charge in [0.2, 0.25) is 0 Å². The number of amides is 1. The van der Waals surface area contributed by atoms with Crippen LogP contribution >= 0.6 is 15.9 Å². The lowest BCUT2D eigenvalue weighted by atomic mass is 10.2. The van der Waals surface area contributed by atoms with E-state index in [0.29, 0.717) is 15.6 Å². The largest absolute Gasteiger partial charge is 0.503 e. The van der Waals surface area contributed by atoms with Crippen LogP contribution < -0.4 is 10.2 Å². The molecule has 0 radical (unpaired) electrons. The van der Waals surface area contributed by atoms with Crippen LogP contribution in [0.15, 0.2) is 46.0 Å². The molecule has 1 amide bonds. The van der Waals surface area contributed by atoms with Crippen molar-refractivity contribution in [2.75, 3.05) is 7.11 Å². The molecule has 2 rings (SSSR count). The highest BCUT2D eigenvalue weighted by molar-refractivity contribution is 9.10. The van der Waals surface area contributed by atoms with Crippen molar-refractivity contribution in [1.82, 2.24) is 5.43 Å². The average Bonchev–Trinajstić information content (AvgIpc) is 2.51. The quantitative estimate of drug-likeness (QED) is 0.645. The van der Waals surface area contributed by atoms with E-state index in [0.717, 1.165) is 0 Å². The van der Waals surface area contributed by atoms with Gasteiger partial charge in [0.25, 0.3) is 5.91 Å². The number of methoxy groups -OCH3 is 1. The number of hydrogen-bond acceptors (Lipinski definition) is 4. The summed E-state index contributed by atoms with van der Waals surface area (Å²) < 4.78 is 18.2. The van der Waals surface area contributed by atoms with Crippen molar-refractivity contribution >= 4 is 28.1 Å². The first kappa shape index (κ1) is 16.0. The first-order valence-electron chi connectivity index (χ1n) is 6.16. The first-order valence-corrected chi connectivity index (χ1v) is 6.96. The van der Waals surface area contributed by atoms with E-state index in [9.17, 15) is 14.3 Å². The van der Waals surface area contributed by atoms with E-state index in [-0.39, 0.29) is 11.5 Å². The molecule has 0 unspecified atom stereocenters. The third-order valence-electron chi connectivity index (χ3n) is 2.76. The van der Waals surface area contributed by atoms with Crippen LogP contribution in [0.1, 0.15) is 15.9 Å². The zero-order chi connectivity index (χ0) is 16.1. The number of hydrazone groups is 1. The molecule has 2 N–H and O–H groups in total. The second-order valence-electron chi connectivity index (χ2n) is 4.26. The molecule has 0 aromatic heterocycles. The number of hydrogen-bond donors (Lipinski definition) is 2. The zero-order valence-electron chi connectivity index (χ0n) is 11.5. The molecule has 0 bridgehead atoms. The van der Waals surface area contributed by atoms with Gasteiger partial charge in [0, 0.05) is 5.56 Å². The Labute approximate surface area is 134 Å². The number of phenolic OH excluding ortho intramolecular Hbond substituents is 1. The molecule has 0 aliphatic rings. The first-order chi connectivity index (χ1) is 10.5. The number of carbonyl (C=O) groups is 1. The maximum atomic E-state index is 12.8. The van der Waals surface area contributed by atoms with Crippen LogP contribution in [0.2, 0.25) is 0 Å². The average molecular weight is 367 g/mol. The van der Waals surface area contributed by atoms with E-state index >= 15 is 0 Å². The number of ether oxygens (including phenoxy) is 1. The van der Waals surface area contributed by atoms with Crippen molar-refractivity contribution in [2.24, 2.45) is 5.10 Å². The minimum Gasteiger partial charge on any atom is -0.503 e. The van der Waals surface area contributed by atoms with Crippen molar-refractivity contribution in [3.05, 3.63) is 57.8 Å². The molecule has 0 saturated carbocycles. The van der Waals surface area contributed by atoms with Crippen molar-refractivity contribution in [3.8, 4) is 11.5 Å². The van der Waals surface area contributed by atoms with Gasteiger partial charge in [0.1, 0.15) is 5.82 Å². The summed E-state index contributed by atoms with van der Waals surface area (Å²) >= 11 is 3.19. The van der Waals surface area contributed by atoms with Gasteiger partial charge in [-0.05, 0) is 57.9 Å². The van der Waals surface area contributed by atoms with E-state index in [1.807, 2.05) is 0 Å². The summed E-state index contributed by atoms with van der Waals surface area (Å²) in [7, 11) is 1.43. The van der Waals surface area contributed by atoms with Crippen LogP contribution in [0.4, 0.5) is 4.39 Å². The number of halogens is 2. The Balaban J connectivity index is 2.08. The number of benzene rings is 2. The second kappa shape index (κ2) is 7.04. The van der Waals surface area contributed by atoms with E-state index in [4.69, 9.17) is 4.74 Å². The number of carbonyl (C=O) groups excluding carboxylic acids is 1. The minimum absolute atomic E-state index is 0.0185. The van der Waals surface area contributed by atoms with Gasteiger partial charge >= 0.3 is 0 Å². The SMILES string of the molecule is COc1cc(/C=N/NC(=O)c2ccc(F)cc2)cc(Br)c1O. The Bertz CT molecular complexity index is 717. The standard InChI is InChI=1S/C15H12BrFN2O3/c1-22-13-7-9(6-12(16)14(13)20)8-18-19-15(21)10-2-4-11(17)5-3-10/h2-8,20H,1H3,(H,19,21)/b18-8+. The molecule has 7 heteroatoms. The van der Waals surface area contributed by atoms with E-state index in [1.165, 1.54) is 37.6 Å². The van der Waals surface area contributed by atoms with Gasteiger partial charge in [-0.15, -0.1) is 0 Å². The van der Waals surface area contributed by atoms with Crippen molar-refractivity contribution in [2.45, 2.75) is 0 Å². The molecule has 2 aromatic rings. The second-order valence-corrected chi connectivity index (χ2v) is 5.11. The van der Waals surface area contributed by atoms with Gasteiger partial charge in [0.15, 0.2) is 11.5 Å². The van der Waals surface area contributed by atoms with Gasteiger partial charge in [-0.25, -0.2) is 9.82 Å². The van der Waals surface area contributed by atoms with Crippen LogP contribution in [0.3, 0.4) is 0 Å². The molecule has 0 aliphatic heterocycles. The lowest BCUT2D eigenvalue weighted by Crippen LogP contribution is -2.17. The highest BCUT2D eigenvalue weighted by atomic mass is 79.9. The molecule has 22 heavy (non-hydrogen) atoms. The fraction of sp³-hybridized carbons (Fsp3) is 0.0667. The summed E-state index contributed by atoms with van der Waals surface area (Å²) in [4.78, 5) is 11.8. The van der Waals surface area contributed by atoms with E-state index in [2.05, 4.69) is 26.5 Å². The molecule has 0 fully saturated rings. The summed E-state index contributed by atoms with van der Waals surface area (Å²) in [6.07, 6.45) is 1.40. The molecular formula is C15H12BrFN2O3. The number of aromatic hydroxyl groups is 1.